The van der Waals surface area contributed by atoms with Crippen molar-refractivity contribution < 1.29 is 9.59 Å². The molecule has 3 amide bonds. The molecule has 23 heavy (non-hydrogen) atoms. The molecule has 1 saturated heterocycles. The van der Waals surface area contributed by atoms with Crippen molar-refractivity contribution in [2.45, 2.75) is 32.1 Å². The Morgan fingerprint density at radius 2 is 2.13 bits per heavy atom. The first-order valence-corrected chi connectivity index (χ1v) is 8.57. The maximum atomic E-state index is 12.4. The number of amides is 3. The van der Waals surface area contributed by atoms with E-state index in [-0.39, 0.29) is 18.5 Å². The highest BCUT2D eigenvalue weighted by atomic mass is 16.2. The summed E-state index contributed by atoms with van der Waals surface area (Å²) in [5.41, 5.74) is 2.72. The minimum absolute atomic E-state index is 0.0634. The highest BCUT2D eigenvalue weighted by molar-refractivity contribution is 5.84. The average molecular weight is 315 g/mol. The number of nitrogens with zero attached hydrogens (tertiary/aromatic N) is 2. The largest absolute Gasteiger partial charge is 0.341 e. The van der Waals surface area contributed by atoms with E-state index in [0.717, 1.165) is 32.4 Å². The van der Waals surface area contributed by atoms with E-state index in [4.69, 9.17) is 0 Å². The monoisotopic (exact) mass is 315 g/mol. The molecule has 0 unspecified atom stereocenters. The lowest BCUT2D eigenvalue weighted by molar-refractivity contribution is -0.130. The zero-order chi connectivity index (χ0) is 16.2. The molecule has 1 aromatic carbocycles. The maximum Gasteiger partial charge on any atom is 0.317 e. The van der Waals surface area contributed by atoms with Crippen LogP contribution in [0.15, 0.2) is 24.3 Å². The number of benzene rings is 1. The smallest absolute Gasteiger partial charge is 0.317 e. The van der Waals surface area contributed by atoms with Crippen LogP contribution in [-0.2, 0) is 11.2 Å². The Morgan fingerprint density at radius 3 is 2.91 bits per heavy atom. The van der Waals surface area contributed by atoms with Gasteiger partial charge in [-0.05, 0) is 30.4 Å². The van der Waals surface area contributed by atoms with Gasteiger partial charge in [0.05, 0.1) is 0 Å². The van der Waals surface area contributed by atoms with Gasteiger partial charge in [-0.25, -0.2) is 4.79 Å². The van der Waals surface area contributed by atoms with E-state index in [0.29, 0.717) is 19.0 Å². The fraction of sp³-hybridized carbons (Fsp3) is 0.556. The van der Waals surface area contributed by atoms with Gasteiger partial charge in [-0.15, -0.1) is 0 Å². The molecule has 1 aromatic rings. The molecule has 2 aliphatic rings. The second-order valence-corrected chi connectivity index (χ2v) is 6.44. The maximum absolute atomic E-state index is 12.4. The van der Waals surface area contributed by atoms with Gasteiger partial charge in [0.25, 0.3) is 0 Å². The van der Waals surface area contributed by atoms with E-state index in [1.165, 1.54) is 11.1 Å². The molecule has 0 aromatic heterocycles. The molecule has 0 radical (unpaired) electrons. The van der Waals surface area contributed by atoms with Gasteiger partial charge in [-0.2, -0.15) is 0 Å². The minimum Gasteiger partial charge on any atom is -0.341 e. The molecule has 1 aliphatic heterocycles. The van der Waals surface area contributed by atoms with E-state index in [1.807, 2.05) is 11.0 Å². The van der Waals surface area contributed by atoms with E-state index in [2.05, 4.69) is 30.4 Å². The summed E-state index contributed by atoms with van der Waals surface area (Å²) < 4.78 is 0. The lowest BCUT2D eigenvalue weighted by Crippen LogP contribution is -2.46. The highest BCUT2D eigenvalue weighted by Crippen LogP contribution is 2.33. The van der Waals surface area contributed by atoms with Crippen molar-refractivity contribution in [1.29, 1.82) is 0 Å². The van der Waals surface area contributed by atoms with Crippen LogP contribution in [0.2, 0.25) is 0 Å². The van der Waals surface area contributed by atoms with Crippen molar-refractivity contribution >= 4 is 11.9 Å². The molecule has 0 spiro atoms. The number of hydrogen-bond acceptors (Lipinski definition) is 2. The van der Waals surface area contributed by atoms with Crippen LogP contribution in [0.3, 0.4) is 0 Å². The molecule has 1 N–H and O–H groups in total. The third-order valence-electron chi connectivity index (χ3n) is 4.78. The summed E-state index contributed by atoms with van der Waals surface area (Å²) in [6.07, 6.45) is 2.84. The van der Waals surface area contributed by atoms with Crippen molar-refractivity contribution in [1.82, 2.24) is 15.1 Å². The van der Waals surface area contributed by atoms with Crippen molar-refractivity contribution in [3.63, 3.8) is 0 Å². The van der Waals surface area contributed by atoms with Crippen molar-refractivity contribution in [2.75, 3.05) is 32.7 Å². The number of carbonyl (C=O) groups is 2. The predicted octanol–water partition coefficient (Wildman–Crippen LogP) is 1.98. The molecule has 1 aliphatic carbocycles. The van der Waals surface area contributed by atoms with Gasteiger partial charge in [-0.1, -0.05) is 31.2 Å². The van der Waals surface area contributed by atoms with Crippen molar-refractivity contribution in [3.05, 3.63) is 35.4 Å². The van der Waals surface area contributed by atoms with Crippen LogP contribution in [0, 0.1) is 0 Å². The predicted molar refractivity (Wildman–Crippen MR) is 89.3 cm³/mol. The first-order valence-electron chi connectivity index (χ1n) is 8.57. The van der Waals surface area contributed by atoms with Crippen molar-refractivity contribution in [3.8, 4) is 0 Å². The summed E-state index contributed by atoms with van der Waals surface area (Å²) in [7, 11) is 0. The fourth-order valence-corrected chi connectivity index (χ4v) is 3.47. The molecular formula is C18H25N3O2. The van der Waals surface area contributed by atoms with Crippen LogP contribution in [-0.4, -0.2) is 54.5 Å². The lowest BCUT2D eigenvalue weighted by atomic mass is 9.78. The van der Waals surface area contributed by atoms with Crippen LogP contribution in [0.5, 0.6) is 0 Å². The number of fused-ring (bicyclic) bond motifs is 1. The summed E-state index contributed by atoms with van der Waals surface area (Å²) in [6, 6.07) is 8.26. The Bertz CT molecular complexity index is 587. The Kier molecular flexibility index (Phi) is 4.84. The first kappa shape index (κ1) is 15.8. The van der Waals surface area contributed by atoms with Crippen LogP contribution >= 0.6 is 0 Å². The van der Waals surface area contributed by atoms with Gasteiger partial charge in [0, 0.05) is 32.1 Å². The molecule has 1 fully saturated rings. The summed E-state index contributed by atoms with van der Waals surface area (Å²) in [5, 5.41) is 3.01. The van der Waals surface area contributed by atoms with E-state index in [9.17, 15) is 9.59 Å². The Hall–Kier alpha value is -2.04. The van der Waals surface area contributed by atoms with Gasteiger partial charge >= 0.3 is 6.03 Å². The number of nitrogens with one attached hydrogen (secondary N) is 1. The van der Waals surface area contributed by atoms with E-state index >= 15 is 0 Å². The van der Waals surface area contributed by atoms with Crippen LogP contribution in [0.25, 0.3) is 0 Å². The topological polar surface area (TPSA) is 52.6 Å². The minimum atomic E-state index is -0.110. The molecule has 0 saturated carbocycles. The number of hydrogen-bond donors (Lipinski definition) is 1. The molecular weight excluding hydrogens is 290 g/mol. The van der Waals surface area contributed by atoms with Crippen LogP contribution in [0.4, 0.5) is 4.79 Å². The third-order valence-corrected chi connectivity index (χ3v) is 4.78. The van der Waals surface area contributed by atoms with Crippen molar-refractivity contribution in [2.24, 2.45) is 0 Å². The lowest BCUT2D eigenvalue weighted by Gasteiger charge is -2.31. The van der Waals surface area contributed by atoms with E-state index in [1.54, 1.807) is 4.90 Å². The summed E-state index contributed by atoms with van der Waals surface area (Å²) in [6.45, 7) is 5.12. The SMILES string of the molecule is CCCN1CCCN(C(=O)NC[C@H]2Cc3ccccc32)CC1=O. The summed E-state index contributed by atoms with van der Waals surface area (Å²) in [5.74, 6) is 0.475. The van der Waals surface area contributed by atoms with Gasteiger partial charge in [-0.3, -0.25) is 4.79 Å². The molecule has 5 heteroatoms. The fourth-order valence-electron chi connectivity index (χ4n) is 3.47. The van der Waals surface area contributed by atoms with Gasteiger partial charge in [0.1, 0.15) is 6.54 Å². The Balaban J connectivity index is 1.50. The normalized spacial score (nSPS) is 20.6. The molecule has 1 atom stereocenters. The first-order chi connectivity index (χ1) is 11.2. The Labute approximate surface area is 137 Å². The standard InChI is InChI=1S/C18H25N3O2/c1-2-8-20-9-5-10-21(13-17(20)22)18(23)19-12-15-11-14-6-3-4-7-16(14)15/h3-4,6-7,15H,2,5,8-13H2,1H3,(H,19,23)/t15-/m1/s1. The molecule has 5 nitrogen and oxygen atoms in total. The number of rotatable bonds is 4. The third kappa shape index (κ3) is 3.49. The molecule has 124 valence electrons. The van der Waals surface area contributed by atoms with Crippen LogP contribution in [0.1, 0.15) is 36.8 Å². The van der Waals surface area contributed by atoms with Gasteiger partial charge < -0.3 is 15.1 Å². The van der Waals surface area contributed by atoms with Gasteiger partial charge in [0.15, 0.2) is 0 Å². The molecule has 0 bridgehead atoms. The zero-order valence-electron chi connectivity index (χ0n) is 13.8. The highest BCUT2D eigenvalue weighted by Gasteiger charge is 2.28. The summed E-state index contributed by atoms with van der Waals surface area (Å²) in [4.78, 5) is 28.1. The second-order valence-electron chi connectivity index (χ2n) is 6.44. The molecule has 3 rings (SSSR count). The molecule has 1 heterocycles. The van der Waals surface area contributed by atoms with Crippen LogP contribution < -0.4 is 5.32 Å². The Morgan fingerprint density at radius 1 is 1.30 bits per heavy atom. The number of carbonyl (C=O) groups excluding carboxylic acids is 2. The zero-order valence-corrected chi connectivity index (χ0v) is 13.8. The second kappa shape index (κ2) is 7.02. The average Bonchev–Trinajstić information content (AvgIpc) is 2.71. The van der Waals surface area contributed by atoms with E-state index < -0.39 is 0 Å². The summed E-state index contributed by atoms with van der Waals surface area (Å²) >= 11 is 0. The number of urea groups is 1. The van der Waals surface area contributed by atoms with Gasteiger partial charge in [0.2, 0.25) is 5.91 Å². The quantitative estimate of drug-likeness (QED) is 0.924.